The third kappa shape index (κ3) is 6.64. The van der Waals surface area contributed by atoms with E-state index in [2.05, 4.69) is 14.3 Å². The Morgan fingerprint density at radius 3 is 2.73 bits per heavy atom. The van der Waals surface area contributed by atoms with Crippen LogP contribution < -0.4 is 5.73 Å². The molecule has 0 radical (unpaired) electrons. The number of thioether (sulfide) groups is 1. The fourth-order valence-corrected chi connectivity index (χ4v) is 4.24. The van der Waals surface area contributed by atoms with Crippen LogP contribution in [0.4, 0.5) is 5.69 Å². The minimum atomic E-state index is -3.39. The molecule has 0 amide bonds. The van der Waals surface area contributed by atoms with Gasteiger partial charge in [-0.15, -0.1) is 11.8 Å². The van der Waals surface area contributed by atoms with Gasteiger partial charge in [-0.25, -0.2) is 23.2 Å². The molecule has 0 spiro atoms. The first-order valence-corrected chi connectivity index (χ1v) is 13.7. The second-order valence-electron chi connectivity index (χ2n) is 6.61. The molecule has 3 rings (SSSR count). The van der Waals surface area contributed by atoms with Gasteiger partial charge in [0.05, 0.1) is 15.6 Å². The first-order chi connectivity index (χ1) is 15.7. The van der Waals surface area contributed by atoms with Gasteiger partial charge in [-0.3, -0.25) is 0 Å². The lowest BCUT2D eigenvalue weighted by Gasteiger charge is -2.04. The van der Waals surface area contributed by atoms with Crippen molar-refractivity contribution in [2.45, 2.75) is 4.90 Å². The van der Waals surface area contributed by atoms with Crippen LogP contribution in [0.15, 0.2) is 70.2 Å². The van der Waals surface area contributed by atoms with Crippen LogP contribution in [0.25, 0.3) is 11.4 Å². The summed E-state index contributed by atoms with van der Waals surface area (Å²) in [7, 11) is -3.39. The summed E-state index contributed by atoms with van der Waals surface area (Å²) in [6, 6.07) is 13.2. The predicted octanol–water partition coefficient (Wildman–Crippen LogP) is 4.09. The molecule has 12 heteroatoms. The Bertz CT molecular complexity index is 1340. The molecule has 2 aromatic carbocycles. The SMILES string of the molecule is CSCOC(=O)C(N)=CC(=Nc1ccccc1Cl)c1nc(-c2cccc(S(C)(=O)=O)c2)ns1. The molecule has 33 heavy (non-hydrogen) atoms. The van der Waals surface area contributed by atoms with Crippen molar-refractivity contribution in [1.29, 1.82) is 0 Å². The summed E-state index contributed by atoms with van der Waals surface area (Å²) in [6.45, 7) is 0. The zero-order valence-electron chi connectivity index (χ0n) is 17.6. The lowest BCUT2D eigenvalue weighted by Crippen LogP contribution is -2.16. The van der Waals surface area contributed by atoms with Crippen LogP contribution in [0.2, 0.25) is 5.02 Å². The van der Waals surface area contributed by atoms with E-state index in [0.717, 1.165) is 17.8 Å². The predicted molar refractivity (Wildman–Crippen MR) is 133 cm³/mol. The van der Waals surface area contributed by atoms with E-state index in [4.69, 9.17) is 22.1 Å². The molecule has 0 saturated carbocycles. The Balaban J connectivity index is 2.05. The Labute approximate surface area is 204 Å². The fourth-order valence-electron chi connectivity index (χ4n) is 2.53. The number of benzene rings is 2. The lowest BCUT2D eigenvalue weighted by atomic mass is 10.2. The first kappa shape index (κ1) is 24.9. The molecule has 0 aliphatic carbocycles. The number of ether oxygens (including phenoxy) is 1. The number of carbonyl (C=O) groups is 1. The standard InChI is InChI=1S/C21H19ClN4O4S3/c1-31-12-30-21(27)16(23)11-18(24-17-9-4-3-8-15(17)22)20-25-19(26-32-20)13-6-5-7-14(10-13)33(2,28)29/h3-11H,12,23H2,1-2H3. The first-order valence-electron chi connectivity index (χ1n) is 9.30. The summed E-state index contributed by atoms with van der Waals surface area (Å²) >= 11 is 8.60. The number of halogens is 1. The summed E-state index contributed by atoms with van der Waals surface area (Å²) in [5.74, 6) is -0.227. The van der Waals surface area contributed by atoms with Crippen molar-refractivity contribution in [3.05, 3.63) is 70.3 Å². The highest BCUT2D eigenvalue weighted by molar-refractivity contribution is 7.98. The number of hydrogen-bond acceptors (Lipinski definition) is 10. The van der Waals surface area contributed by atoms with Crippen LogP contribution in [0.1, 0.15) is 5.01 Å². The minimum absolute atomic E-state index is 0.155. The molecule has 2 N–H and O–H groups in total. The number of esters is 1. The van der Waals surface area contributed by atoms with E-state index in [0.29, 0.717) is 27.1 Å². The molecule has 3 aromatic rings. The summed E-state index contributed by atoms with van der Waals surface area (Å²) in [5.41, 5.74) is 6.99. The molecular formula is C21H19ClN4O4S3. The number of carbonyl (C=O) groups excluding carboxylic acids is 1. The highest BCUT2D eigenvalue weighted by Gasteiger charge is 2.16. The Morgan fingerprint density at radius 1 is 1.27 bits per heavy atom. The van der Waals surface area contributed by atoms with Crippen LogP contribution in [-0.2, 0) is 19.4 Å². The molecule has 0 fully saturated rings. The van der Waals surface area contributed by atoms with Crippen LogP contribution in [0.3, 0.4) is 0 Å². The third-order valence-electron chi connectivity index (χ3n) is 4.09. The second-order valence-corrected chi connectivity index (χ2v) is 10.6. The quantitative estimate of drug-likeness (QED) is 0.203. The zero-order valence-corrected chi connectivity index (χ0v) is 20.8. The topological polar surface area (TPSA) is 125 Å². The highest BCUT2D eigenvalue weighted by Crippen LogP contribution is 2.27. The van der Waals surface area contributed by atoms with Crippen molar-refractivity contribution in [3.8, 4) is 11.4 Å². The van der Waals surface area contributed by atoms with Crippen LogP contribution in [0.5, 0.6) is 0 Å². The number of aliphatic imine (C=N–C) groups is 1. The van der Waals surface area contributed by atoms with Gasteiger partial charge < -0.3 is 10.5 Å². The lowest BCUT2D eigenvalue weighted by molar-refractivity contribution is -0.136. The van der Waals surface area contributed by atoms with Gasteiger partial charge in [0.2, 0.25) is 0 Å². The summed E-state index contributed by atoms with van der Waals surface area (Å²) < 4.78 is 33.1. The van der Waals surface area contributed by atoms with Crippen molar-refractivity contribution in [3.63, 3.8) is 0 Å². The Morgan fingerprint density at radius 2 is 2.03 bits per heavy atom. The molecule has 172 valence electrons. The van der Waals surface area contributed by atoms with E-state index in [1.807, 2.05) is 0 Å². The van der Waals surface area contributed by atoms with E-state index >= 15 is 0 Å². The monoisotopic (exact) mass is 522 g/mol. The fraction of sp³-hybridized carbons (Fsp3) is 0.143. The molecule has 0 saturated heterocycles. The molecule has 0 atom stereocenters. The highest BCUT2D eigenvalue weighted by atomic mass is 35.5. The van der Waals surface area contributed by atoms with Gasteiger partial charge in [-0.1, -0.05) is 35.9 Å². The summed E-state index contributed by atoms with van der Waals surface area (Å²) in [6.07, 6.45) is 4.27. The second kappa shape index (κ2) is 10.9. The van der Waals surface area contributed by atoms with Gasteiger partial charge >= 0.3 is 5.97 Å². The maximum Gasteiger partial charge on any atom is 0.355 e. The maximum atomic E-state index is 12.1. The van der Waals surface area contributed by atoms with Gasteiger partial charge in [0.15, 0.2) is 20.7 Å². The van der Waals surface area contributed by atoms with Crippen molar-refractivity contribution < 1.29 is 17.9 Å². The average molecular weight is 523 g/mol. The molecule has 1 aromatic heterocycles. The molecule has 1 heterocycles. The van der Waals surface area contributed by atoms with Crippen molar-refractivity contribution in [2.24, 2.45) is 10.7 Å². The zero-order chi connectivity index (χ0) is 24.0. The number of aromatic nitrogens is 2. The molecule has 8 nitrogen and oxygen atoms in total. The van der Waals surface area contributed by atoms with Gasteiger partial charge in [-0.05, 0) is 48.1 Å². The van der Waals surface area contributed by atoms with Crippen LogP contribution >= 0.6 is 34.9 Å². The Hall–Kier alpha value is -2.73. The van der Waals surface area contributed by atoms with Gasteiger partial charge in [-0.2, -0.15) is 4.37 Å². The number of nitrogens with zero attached hydrogens (tertiary/aromatic N) is 3. The summed E-state index contributed by atoms with van der Waals surface area (Å²) in [5, 5.41) is 0.757. The number of nitrogens with two attached hydrogens (primary N) is 1. The number of hydrogen-bond donors (Lipinski definition) is 1. The van der Waals surface area contributed by atoms with Crippen molar-refractivity contribution >= 4 is 62.1 Å². The van der Waals surface area contributed by atoms with E-state index in [1.54, 1.807) is 42.7 Å². The summed E-state index contributed by atoms with van der Waals surface area (Å²) in [4.78, 5) is 21.3. The van der Waals surface area contributed by atoms with Gasteiger partial charge in [0.1, 0.15) is 17.3 Å². The van der Waals surface area contributed by atoms with Crippen LogP contribution in [0, 0.1) is 0 Å². The smallest absolute Gasteiger partial charge is 0.355 e. The molecule has 0 bridgehead atoms. The van der Waals surface area contributed by atoms with E-state index in [1.165, 1.54) is 30.0 Å². The molecule has 0 unspecified atom stereocenters. The van der Waals surface area contributed by atoms with E-state index in [-0.39, 0.29) is 22.2 Å². The van der Waals surface area contributed by atoms with Gasteiger partial charge in [0.25, 0.3) is 0 Å². The van der Waals surface area contributed by atoms with Gasteiger partial charge in [0, 0.05) is 11.8 Å². The molecule has 0 aliphatic heterocycles. The number of para-hydroxylation sites is 1. The Kier molecular flexibility index (Phi) is 8.25. The largest absolute Gasteiger partial charge is 0.450 e. The average Bonchev–Trinajstić information content (AvgIpc) is 3.28. The van der Waals surface area contributed by atoms with Crippen LogP contribution in [-0.4, -0.2) is 47.9 Å². The van der Waals surface area contributed by atoms with Crippen molar-refractivity contribution in [2.75, 3.05) is 18.5 Å². The normalized spacial score (nSPS) is 12.6. The minimum Gasteiger partial charge on any atom is -0.450 e. The molecule has 0 aliphatic rings. The number of rotatable bonds is 8. The van der Waals surface area contributed by atoms with E-state index in [9.17, 15) is 13.2 Å². The number of allylic oxidation sites excluding steroid dienone is 1. The third-order valence-corrected chi connectivity index (χ3v) is 6.62. The molecular weight excluding hydrogens is 504 g/mol. The van der Waals surface area contributed by atoms with Crippen molar-refractivity contribution in [1.82, 2.24) is 9.36 Å². The van der Waals surface area contributed by atoms with E-state index < -0.39 is 15.8 Å². The maximum absolute atomic E-state index is 12.1. The number of sulfone groups is 1.